The Morgan fingerprint density at radius 1 is 1.15 bits per heavy atom. The lowest BCUT2D eigenvalue weighted by Gasteiger charge is -2.35. The van der Waals surface area contributed by atoms with E-state index in [0.717, 1.165) is 5.69 Å². The van der Waals surface area contributed by atoms with Crippen LogP contribution < -0.4 is 10.2 Å². The first kappa shape index (κ1) is 18.6. The number of ether oxygens (including phenoxy) is 1. The number of carbonyl (C=O) groups excluding carboxylic acids is 2. The molecule has 0 saturated carbocycles. The highest BCUT2D eigenvalue weighted by atomic mass is 19.1. The van der Waals surface area contributed by atoms with Crippen molar-refractivity contribution in [2.75, 3.05) is 43.0 Å². The lowest BCUT2D eigenvalue weighted by Crippen LogP contribution is -2.49. The van der Waals surface area contributed by atoms with Gasteiger partial charge in [0, 0.05) is 38.1 Å². The molecule has 142 valence electrons. The van der Waals surface area contributed by atoms with E-state index in [1.165, 1.54) is 30.5 Å². The molecule has 1 aromatic carbocycles. The van der Waals surface area contributed by atoms with Crippen LogP contribution in [-0.2, 0) is 4.74 Å². The van der Waals surface area contributed by atoms with Crippen LogP contribution in [0.25, 0.3) is 0 Å². The van der Waals surface area contributed by atoms with E-state index < -0.39 is 0 Å². The number of hydrogen-bond donors (Lipinski definition) is 1. The van der Waals surface area contributed by atoms with Gasteiger partial charge < -0.3 is 19.9 Å². The maximum Gasteiger partial charge on any atom is 0.409 e. The largest absolute Gasteiger partial charge is 0.450 e. The van der Waals surface area contributed by atoms with Crippen molar-refractivity contribution in [3.05, 3.63) is 54.1 Å². The zero-order valence-corrected chi connectivity index (χ0v) is 15.0. The molecule has 0 bridgehead atoms. The van der Waals surface area contributed by atoms with Gasteiger partial charge in [-0.1, -0.05) is 0 Å². The number of piperazine rings is 1. The number of nitrogens with zero attached hydrogens (tertiary/aromatic N) is 3. The summed E-state index contributed by atoms with van der Waals surface area (Å²) in [5.41, 5.74) is 1.73. The van der Waals surface area contributed by atoms with Crippen molar-refractivity contribution >= 4 is 23.4 Å². The Balaban J connectivity index is 1.63. The molecule has 2 amide bonds. The number of hydrogen-bond acceptors (Lipinski definition) is 5. The van der Waals surface area contributed by atoms with Crippen LogP contribution in [0.4, 0.5) is 20.6 Å². The fraction of sp³-hybridized carbons (Fsp3) is 0.316. The van der Waals surface area contributed by atoms with Crippen LogP contribution in [0, 0.1) is 5.82 Å². The zero-order chi connectivity index (χ0) is 19.2. The fourth-order valence-electron chi connectivity index (χ4n) is 2.82. The monoisotopic (exact) mass is 372 g/mol. The number of halogens is 1. The molecule has 0 unspecified atom stereocenters. The van der Waals surface area contributed by atoms with Crippen LogP contribution in [0.15, 0.2) is 42.7 Å². The van der Waals surface area contributed by atoms with Gasteiger partial charge in [-0.05, 0) is 37.3 Å². The second-order valence-corrected chi connectivity index (χ2v) is 6.07. The summed E-state index contributed by atoms with van der Waals surface area (Å²) in [4.78, 5) is 32.1. The van der Waals surface area contributed by atoms with Crippen LogP contribution in [0.1, 0.15) is 17.3 Å². The number of rotatable bonds is 4. The van der Waals surface area contributed by atoms with Crippen LogP contribution in [-0.4, -0.2) is 54.7 Å². The van der Waals surface area contributed by atoms with Gasteiger partial charge in [-0.15, -0.1) is 0 Å². The van der Waals surface area contributed by atoms with Gasteiger partial charge in [0.15, 0.2) is 0 Å². The summed E-state index contributed by atoms with van der Waals surface area (Å²) in [6.45, 7) is 4.49. The molecule has 2 aromatic rings. The number of carbonyl (C=O) groups is 2. The third-order valence-corrected chi connectivity index (χ3v) is 4.26. The van der Waals surface area contributed by atoms with E-state index in [2.05, 4.69) is 15.2 Å². The van der Waals surface area contributed by atoms with Gasteiger partial charge in [-0.2, -0.15) is 0 Å². The summed E-state index contributed by atoms with van der Waals surface area (Å²) < 4.78 is 18.0. The quantitative estimate of drug-likeness (QED) is 0.893. The van der Waals surface area contributed by atoms with Crippen LogP contribution in [0.3, 0.4) is 0 Å². The first-order valence-corrected chi connectivity index (χ1v) is 8.75. The number of benzene rings is 1. The van der Waals surface area contributed by atoms with Gasteiger partial charge in [0.2, 0.25) is 0 Å². The number of amides is 2. The summed E-state index contributed by atoms with van der Waals surface area (Å²) in [5, 5.41) is 2.72. The van der Waals surface area contributed by atoms with Gasteiger partial charge in [-0.3, -0.25) is 9.78 Å². The SMILES string of the molecule is CCOC(=O)N1CCN(c2cncc(C(=O)Nc3ccc(F)cc3)c2)CC1. The molecule has 0 radical (unpaired) electrons. The summed E-state index contributed by atoms with van der Waals surface area (Å²) in [7, 11) is 0. The summed E-state index contributed by atoms with van der Waals surface area (Å²) in [5.74, 6) is -0.681. The van der Waals surface area contributed by atoms with Crippen molar-refractivity contribution in [2.24, 2.45) is 0 Å². The minimum absolute atomic E-state index is 0.303. The predicted molar refractivity (Wildman–Crippen MR) is 99.4 cm³/mol. The molecule has 1 aromatic heterocycles. The Bertz CT molecular complexity index is 805. The minimum Gasteiger partial charge on any atom is -0.450 e. The molecular weight excluding hydrogens is 351 g/mol. The third kappa shape index (κ3) is 4.72. The average Bonchev–Trinajstić information content (AvgIpc) is 2.70. The highest BCUT2D eigenvalue weighted by molar-refractivity contribution is 6.04. The van der Waals surface area contributed by atoms with Gasteiger partial charge in [-0.25, -0.2) is 9.18 Å². The van der Waals surface area contributed by atoms with Gasteiger partial charge in [0.05, 0.1) is 24.1 Å². The fourth-order valence-corrected chi connectivity index (χ4v) is 2.82. The van der Waals surface area contributed by atoms with E-state index in [0.29, 0.717) is 44.0 Å². The number of pyridine rings is 1. The maximum atomic E-state index is 13.0. The Kier molecular flexibility index (Phi) is 5.85. The Morgan fingerprint density at radius 3 is 2.52 bits per heavy atom. The Hall–Kier alpha value is -3.16. The highest BCUT2D eigenvalue weighted by Gasteiger charge is 2.22. The molecule has 1 fully saturated rings. The molecule has 0 atom stereocenters. The molecule has 8 heteroatoms. The summed E-state index contributed by atoms with van der Waals surface area (Å²) in [6, 6.07) is 7.32. The highest BCUT2D eigenvalue weighted by Crippen LogP contribution is 2.18. The molecular formula is C19H21FN4O3. The van der Waals surface area contributed by atoms with E-state index in [9.17, 15) is 14.0 Å². The molecule has 2 heterocycles. The third-order valence-electron chi connectivity index (χ3n) is 4.26. The van der Waals surface area contributed by atoms with E-state index in [4.69, 9.17) is 4.74 Å². The van der Waals surface area contributed by atoms with Gasteiger partial charge in [0.25, 0.3) is 5.91 Å². The summed E-state index contributed by atoms with van der Waals surface area (Å²) >= 11 is 0. The average molecular weight is 372 g/mol. The Labute approximate surface area is 156 Å². The Morgan fingerprint density at radius 2 is 1.85 bits per heavy atom. The van der Waals surface area contributed by atoms with Crippen molar-refractivity contribution in [3.63, 3.8) is 0 Å². The number of nitrogens with one attached hydrogen (secondary N) is 1. The molecule has 27 heavy (non-hydrogen) atoms. The molecule has 1 N–H and O–H groups in total. The van der Waals surface area contributed by atoms with Crippen molar-refractivity contribution in [1.29, 1.82) is 0 Å². The van der Waals surface area contributed by atoms with E-state index in [1.807, 2.05) is 0 Å². The van der Waals surface area contributed by atoms with Gasteiger partial charge in [0.1, 0.15) is 5.82 Å². The molecule has 0 spiro atoms. The minimum atomic E-state index is -0.362. The standard InChI is InChI=1S/C19H21FN4O3/c1-2-27-19(26)24-9-7-23(8-10-24)17-11-14(12-21-13-17)18(25)22-16-5-3-15(20)4-6-16/h3-6,11-13H,2,7-10H2,1H3,(H,22,25). The topological polar surface area (TPSA) is 74.8 Å². The molecule has 1 aliphatic heterocycles. The van der Waals surface area contributed by atoms with Crippen LogP contribution >= 0.6 is 0 Å². The lowest BCUT2D eigenvalue weighted by molar-refractivity contribution is 0.102. The molecule has 7 nitrogen and oxygen atoms in total. The maximum absolute atomic E-state index is 13.0. The number of aromatic nitrogens is 1. The van der Waals surface area contributed by atoms with E-state index in [-0.39, 0.29) is 17.8 Å². The van der Waals surface area contributed by atoms with Crippen molar-refractivity contribution in [2.45, 2.75) is 6.92 Å². The molecule has 3 rings (SSSR count). The smallest absolute Gasteiger partial charge is 0.409 e. The molecule has 1 aliphatic rings. The van der Waals surface area contributed by atoms with Crippen LogP contribution in [0.5, 0.6) is 0 Å². The zero-order valence-electron chi connectivity index (χ0n) is 15.0. The molecule has 1 saturated heterocycles. The first-order chi connectivity index (χ1) is 13.1. The summed E-state index contributed by atoms with van der Waals surface area (Å²) in [6.07, 6.45) is 2.87. The van der Waals surface area contributed by atoms with E-state index >= 15 is 0 Å². The molecule has 0 aliphatic carbocycles. The van der Waals surface area contributed by atoms with Crippen molar-refractivity contribution in [1.82, 2.24) is 9.88 Å². The van der Waals surface area contributed by atoms with Gasteiger partial charge >= 0.3 is 6.09 Å². The second-order valence-electron chi connectivity index (χ2n) is 6.07. The first-order valence-electron chi connectivity index (χ1n) is 8.75. The lowest BCUT2D eigenvalue weighted by atomic mass is 10.2. The van der Waals surface area contributed by atoms with Crippen LogP contribution in [0.2, 0.25) is 0 Å². The number of anilines is 2. The normalized spacial score (nSPS) is 14.0. The second kappa shape index (κ2) is 8.48. The van der Waals surface area contributed by atoms with Crippen molar-refractivity contribution in [3.8, 4) is 0 Å². The van der Waals surface area contributed by atoms with E-state index in [1.54, 1.807) is 24.1 Å². The predicted octanol–water partition coefficient (Wildman–Crippen LogP) is 2.75. The van der Waals surface area contributed by atoms with Crippen molar-refractivity contribution < 1.29 is 18.7 Å².